The van der Waals surface area contributed by atoms with E-state index in [4.69, 9.17) is 0 Å². The highest BCUT2D eigenvalue weighted by Gasteiger charge is 2.37. The first-order chi connectivity index (χ1) is 10.9. The molecule has 1 atom stereocenters. The highest BCUT2D eigenvalue weighted by atomic mass is 79.9. The van der Waals surface area contributed by atoms with E-state index in [1.165, 1.54) is 24.3 Å². The van der Waals surface area contributed by atoms with E-state index < -0.39 is 10.2 Å². The molecule has 1 aliphatic carbocycles. The Morgan fingerprint density at radius 3 is 2.09 bits per heavy atom. The van der Waals surface area contributed by atoms with E-state index in [9.17, 15) is 13.2 Å². The van der Waals surface area contributed by atoms with E-state index in [-0.39, 0.29) is 12.2 Å². The van der Waals surface area contributed by atoms with Crippen molar-refractivity contribution >= 4 is 15.9 Å². The summed E-state index contributed by atoms with van der Waals surface area (Å²) in [6.07, 6.45) is 3.55. The summed E-state index contributed by atoms with van der Waals surface area (Å²) >= 11 is 3.74. The third-order valence-corrected chi connectivity index (χ3v) is 5.29. The third-order valence-electron chi connectivity index (χ3n) is 3.91. The van der Waals surface area contributed by atoms with Crippen molar-refractivity contribution in [2.24, 2.45) is 0 Å². The first-order valence-electron chi connectivity index (χ1n) is 7.20. The predicted molar refractivity (Wildman–Crippen MR) is 89.3 cm³/mol. The summed E-state index contributed by atoms with van der Waals surface area (Å²) in [5.74, 6) is -3.16. The molecule has 3 rings (SSSR count). The summed E-state index contributed by atoms with van der Waals surface area (Å²) in [6, 6.07) is 15.6. The van der Waals surface area contributed by atoms with Crippen LogP contribution in [0.15, 0.2) is 78.4 Å². The van der Waals surface area contributed by atoms with E-state index in [1.807, 2.05) is 30.3 Å². The molecule has 118 valence electrons. The average Bonchev–Trinajstić information content (AvgIpc) is 2.55. The van der Waals surface area contributed by atoms with Crippen molar-refractivity contribution < 1.29 is 13.2 Å². The molecule has 0 spiro atoms. The number of rotatable bonds is 3. The summed E-state index contributed by atoms with van der Waals surface area (Å²) in [4.78, 5) is 0. The van der Waals surface area contributed by atoms with Crippen molar-refractivity contribution in [3.8, 4) is 0 Å². The molecule has 1 unspecified atom stereocenters. The minimum atomic E-state index is -2.82. The van der Waals surface area contributed by atoms with Gasteiger partial charge < -0.3 is 0 Å². The average molecular weight is 379 g/mol. The first kappa shape index (κ1) is 16.1. The largest absolute Gasteiger partial charge is 0.270 e. The zero-order valence-electron chi connectivity index (χ0n) is 12.1. The van der Waals surface area contributed by atoms with Gasteiger partial charge in [-0.25, -0.2) is 13.2 Å². The third kappa shape index (κ3) is 3.13. The lowest BCUT2D eigenvalue weighted by Crippen LogP contribution is -2.25. The van der Waals surface area contributed by atoms with Gasteiger partial charge in [0.1, 0.15) is 10.1 Å². The van der Waals surface area contributed by atoms with Gasteiger partial charge in [0.05, 0.1) is 0 Å². The lowest BCUT2D eigenvalue weighted by molar-refractivity contribution is 0.0570. The molecule has 0 N–H and O–H groups in total. The first-order valence-corrected chi connectivity index (χ1v) is 7.99. The number of allylic oxidation sites excluding steroid dienone is 4. The van der Waals surface area contributed by atoms with Crippen molar-refractivity contribution in [1.82, 2.24) is 0 Å². The second-order valence-electron chi connectivity index (χ2n) is 5.49. The Bertz CT molecular complexity index is 748. The zero-order valence-corrected chi connectivity index (χ0v) is 13.7. The summed E-state index contributed by atoms with van der Waals surface area (Å²) in [6.45, 7) is 0. The predicted octanol–water partition coefficient (Wildman–Crippen LogP) is 5.99. The van der Waals surface area contributed by atoms with E-state index in [2.05, 4.69) is 15.9 Å². The van der Waals surface area contributed by atoms with E-state index in [0.717, 1.165) is 17.2 Å². The molecular formula is C19H14BrF3. The molecule has 0 bridgehead atoms. The molecule has 0 nitrogen and oxygen atoms in total. The molecule has 0 aliphatic heterocycles. The van der Waals surface area contributed by atoms with Crippen LogP contribution in [-0.2, 0) is 4.32 Å². The summed E-state index contributed by atoms with van der Waals surface area (Å²) in [5.41, 5.74) is 2.39. The van der Waals surface area contributed by atoms with E-state index in [0.29, 0.717) is 5.57 Å². The van der Waals surface area contributed by atoms with Crippen LogP contribution < -0.4 is 0 Å². The molecule has 23 heavy (non-hydrogen) atoms. The standard InChI is InChI=1S/C19H14BrF3/c20-19(14-4-2-1-3-5-14,15-6-8-17(21)9-7-15)16-10-12-18(22,23)13-11-16/h1-12H,13H2. The summed E-state index contributed by atoms with van der Waals surface area (Å²) in [5, 5.41) is 0. The Hall–Kier alpha value is -1.81. The van der Waals surface area contributed by atoms with Gasteiger partial charge in [-0.15, -0.1) is 0 Å². The van der Waals surface area contributed by atoms with Crippen LogP contribution in [0.2, 0.25) is 0 Å². The maximum Gasteiger partial charge on any atom is 0.270 e. The fourth-order valence-electron chi connectivity index (χ4n) is 2.70. The van der Waals surface area contributed by atoms with Crippen molar-refractivity contribution in [2.75, 3.05) is 0 Å². The van der Waals surface area contributed by atoms with Gasteiger partial charge in [0.25, 0.3) is 5.92 Å². The van der Waals surface area contributed by atoms with E-state index >= 15 is 0 Å². The lowest BCUT2D eigenvalue weighted by Gasteiger charge is -2.32. The molecule has 0 radical (unpaired) electrons. The van der Waals surface area contributed by atoms with Crippen LogP contribution in [0.5, 0.6) is 0 Å². The van der Waals surface area contributed by atoms with Crippen LogP contribution in [0.25, 0.3) is 0 Å². The smallest absolute Gasteiger partial charge is 0.207 e. The van der Waals surface area contributed by atoms with Gasteiger partial charge in [-0.05, 0) is 34.9 Å². The summed E-state index contributed by atoms with van der Waals surface area (Å²) < 4.78 is 39.3. The molecule has 0 saturated heterocycles. The number of benzene rings is 2. The molecule has 4 heteroatoms. The van der Waals surface area contributed by atoms with Gasteiger partial charge in [-0.1, -0.05) is 70.5 Å². The fraction of sp³-hybridized carbons (Fsp3) is 0.158. The number of halogens is 4. The van der Waals surface area contributed by atoms with Gasteiger partial charge >= 0.3 is 0 Å². The minimum Gasteiger partial charge on any atom is -0.207 e. The van der Waals surface area contributed by atoms with Crippen LogP contribution in [-0.4, -0.2) is 5.92 Å². The van der Waals surface area contributed by atoms with Gasteiger partial charge in [-0.3, -0.25) is 0 Å². The fourth-order valence-corrected chi connectivity index (χ4v) is 3.52. The molecule has 1 aliphatic rings. The van der Waals surface area contributed by atoms with Crippen LogP contribution in [0, 0.1) is 5.82 Å². The molecule has 0 heterocycles. The molecule has 0 fully saturated rings. The van der Waals surface area contributed by atoms with Gasteiger partial charge in [0.2, 0.25) is 0 Å². The van der Waals surface area contributed by atoms with Crippen molar-refractivity contribution in [3.63, 3.8) is 0 Å². The van der Waals surface area contributed by atoms with Crippen molar-refractivity contribution in [2.45, 2.75) is 16.7 Å². The Morgan fingerprint density at radius 2 is 1.52 bits per heavy atom. The van der Waals surface area contributed by atoms with Gasteiger partial charge in [-0.2, -0.15) is 0 Å². The van der Waals surface area contributed by atoms with Crippen LogP contribution in [0.3, 0.4) is 0 Å². The van der Waals surface area contributed by atoms with Crippen LogP contribution in [0.4, 0.5) is 13.2 Å². The van der Waals surface area contributed by atoms with Gasteiger partial charge in [0.15, 0.2) is 0 Å². The Balaban J connectivity index is 2.14. The maximum atomic E-state index is 13.4. The lowest BCUT2D eigenvalue weighted by atomic mass is 9.82. The normalized spacial score (nSPS) is 19.0. The second-order valence-corrected chi connectivity index (χ2v) is 6.68. The minimum absolute atomic E-state index is 0.337. The molecule has 2 aromatic rings. The Kier molecular flexibility index (Phi) is 4.19. The van der Waals surface area contributed by atoms with Crippen LogP contribution >= 0.6 is 15.9 Å². The number of hydrogen-bond acceptors (Lipinski definition) is 0. The number of hydrogen-bond donors (Lipinski definition) is 0. The monoisotopic (exact) mass is 378 g/mol. The highest BCUT2D eigenvalue weighted by Crippen LogP contribution is 2.47. The van der Waals surface area contributed by atoms with Crippen LogP contribution in [0.1, 0.15) is 17.5 Å². The van der Waals surface area contributed by atoms with Crippen molar-refractivity contribution in [1.29, 1.82) is 0 Å². The summed E-state index contributed by atoms with van der Waals surface area (Å²) in [7, 11) is 0. The SMILES string of the molecule is Fc1ccc(C(Br)(C2=CCC(F)(F)C=C2)c2ccccc2)cc1. The second kappa shape index (κ2) is 6.00. The topological polar surface area (TPSA) is 0 Å². The quantitative estimate of drug-likeness (QED) is 0.575. The molecule has 2 aromatic carbocycles. The Labute approximate surface area is 141 Å². The zero-order chi connectivity index (χ0) is 16.5. The molecular weight excluding hydrogens is 365 g/mol. The molecule has 0 saturated carbocycles. The maximum absolute atomic E-state index is 13.4. The Morgan fingerprint density at radius 1 is 0.913 bits per heavy atom. The molecule has 0 amide bonds. The van der Waals surface area contributed by atoms with Gasteiger partial charge in [0, 0.05) is 6.42 Å². The highest BCUT2D eigenvalue weighted by molar-refractivity contribution is 9.10. The molecule has 0 aromatic heterocycles. The van der Waals surface area contributed by atoms with Crippen molar-refractivity contribution in [3.05, 3.63) is 95.3 Å². The van der Waals surface area contributed by atoms with E-state index in [1.54, 1.807) is 12.1 Å². The number of alkyl halides is 3.